The molecule has 40 heavy (non-hydrogen) atoms. The Bertz CT molecular complexity index is 1630. The van der Waals surface area contributed by atoms with Gasteiger partial charge in [0.1, 0.15) is 10.7 Å². The third-order valence-corrected chi connectivity index (χ3v) is 8.75. The maximum Gasteiger partial charge on any atom is 0.264 e. The predicted molar refractivity (Wildman–Crippen MR) is 156 cm³/mol. The van der Waals surface area contributed by atoms with Crippen LogP contribution < -0.4 is 20.5 Å². The number of nitrogens with zero attached hydrogens (tertiary/aromatic N) is 3. The fourth-order valence-electron chi connectivity index (χ4n) is 4.88. The summed E-state index contributed by atoms with van der Waals surface area (Å²) in [6, 6.07) is 14.0. The lowest BCUT2D eigenvalue weighted by atomic mass is 9.92. The number of aromatic nitrogens is 3. The van der Waals surface area contributed by atoms with E-state index < -0.39 is 10.0 Å². The summed E-state index contributed by atoms with van der Waals surface area (Å²) in [6.07, 6.45) is 5.74. The average Bonchev–Trinajstić information content (AvgIpc) is 2.94. The standard InChI is InChI=1S/C28H31ClN6O4S/c1-38-16-19-14-17(13-18-15-31-28(34-26(18)19)32-21-9-7-20(30)8-10-21)22-11-12-25(33-27(22)39-2)35-40(36,37)24-6-4-3-5-23(24)29/h3-6,11-15,20-21H,7-10,16,30H2,1-2H3,(H,33,35)(H,31,32,34). The molecule has 5 rings (SSSR count). The third-order valence-electron chi connectivity index (χ3n) is 6.90. The maximum atomic E-state index is 12.9. The van der Waals surface area contributed by atoms with Crippen LogP contribution in [-0.4, -0.2) is 49.7 Å². The molecule has 0 radical (unpaired) electrons. The summed E-state index contributed by atoms with van der Waals surface area (Å²) in [5.41, 5.74) is 9.17. The van der Waals surface area contributed by atoms with Gasteiger partial charge in [-0.1, -0.05) is 23.7 Å². The van der Waals surface area contributed by atoms with Gasteiger partial charge in [0.05, 0.1) is 24.3 Å². The molecule has 1 aliphatic rings. The van der Waals surface area contributed by atoms with Crippen LogP contribution in [0.3, 0.4) is 0 Å². The molecule has 1 fully saturated rings. The van der Waals surface area contributed by atoms with E-state index in [9.17, 15) is 8.42 Å². The van der Waals surface area contributed by atoms with Crippen molar-refractivity contribution in [2.24, 2.45) is 5.73 Å². The monoisotopic (exact) mass is 582 g/mol. The molecular weight excluding hydrogens is 552 g/mol. The smallest absolute Gasteiger partial charge is 0.264 e. The summed E-state index contributed by atoms with van der Waals surface area (Å²) < 4.78 is 39.3. The Morgan fingerprint density at radius 3 is 2.55 bits per heavy atom. The Balaban J connectivity index is 1.46. The topological polar surface area (TPSA) is 141 Å². The number of methoxy groups -OCH3 is 2. The summed E-state index contributed by atoms with van der Waals surface area (Å²) in [4.78, 5) is 13.7. The summed E-state index contributed by atoms with van der Waals surface area (Å²) in [5, 5.41) is 4.39. The fraction of sp³-hybridized carbons (Fsp3) is 0.321. The number of sulfonamides is 1. The first-order chi connectivity index (χ1) is 19.3. The molecule has 4 aromatic rings. The molecule has 0 bridgehead atoms. The molecule has 2 aromatic heterocycles. The summed E-state index contributed by atoms with van der Waals surface area (Å²) >= 11 is 6.10. The van der Waals surface area contributed by atoms with Crippen LogP contribution in [-0.2, 0) is 21.4 Å². The normalized spacial score (nSPS) is 17.5. The van der Waals surface area contributed by atoms with Crippen molar-refractivity contribution in [2.75, 3.05) is 24.3 Å². The van der Waals surface area contributed by atoms with Crippen LogP contribution in [0, 0.1) is 0 Å². The van der Waals surface area contributed by atoms with E-state index in [1.165, 1.54) is 19.2 Å². The minimum atomic E-state index is -3.95. The highest BCUT2D eigenvalue weighted by molar-refractivity contribution is 7.92. The number of benzene rings is 2. The number of anilines is 2. The lowest BCUT2D eigenvalue weighted by molar-refractivity contribution is 0.186. The van der Waals surface area contributed by atoms with Crippen LogP contribution in [0.15, 0.2) is 59.6 Å². The van der Waals surface area contributed by atoms with Crippen LogP contribution >= 0.6 is 11.6 Å². The molecule has 0 unspecified atom stereocenters. The summed E-state index contributed by atoms with van der Waals surface area (Å²) in [5.74, 6) is 0.922. The number of fused-ring (bicyclic) bond motifs is 1. The molecule has 4 N–H and O–H groups in total. The van der Waals surface area contributed by atoms with E-state index in [0.29, 0.717) is 24.2 Å². The van der Waals surface area contributed by atoms with Crippen LogP contribution in [0.5, 0.6) is 5.88 Å². The maximum absolute atomic E-state index is 12.9. The molecule has 12 heteroatoms. The number of ether oxygens (including phenoxy) is 2. The van der Waals surface area contributed by atoms with Crippen LogP contribution in [0.2, 0.25) is 5.02 Å². The van der Waals surface area contributed by atoms with E-state index in [4.69, 9.17) is 31.8 Å². The molecule has 1 aliphatic carbocycles. The zero-order valence-corrected chi connectivity index (χ0v) is 23.8. The number of pyridine rings is 1. The lowest BCUT2D eigenvalue weighted by Crippen LogP contribution is -2.33. The van der Waals surface area contributed by atoms with E-state index in [2.05, 4.69) is 20.0 Å². The van der Waals surface area contributed by atoms with E-state index in [1.54, 1.807) is 37.6 Å². The van der Waals surface area contributed by atoms with Gasteiger partial charge in [-0.05, 0) is 67.6 Å². The van der Waals surface area contributed by atoms with Crippen LogP contribution in [0.1, 0.15) is 31.2 Å². The van der Waals surface area contributed by atoms with E-state index >= 15 is 0 Å². The Kier molecular flexibility index (Phi) is 8.36. The zero-order valence-electron chi connectivity index (χ0n) is 22.2. The van der Waals surface area contributed by atoms with Gasteiger partial charge in [0.25, 0.3) is 10.0 Å². The van der Waals surface area contributed by atoms with Gasteiger partial charge >= 0.3 is 0 Å². The second-order valence-electron chi connectivity index (χ2n) is 9.75. The lowest BCUT2D eigenvalue weighted by Gasteiger charge is -2.26. The van der Waals surface area contributed by atoms with Gasteiger partial charge in [0, 0.05) is 41.9 Å². The van der Waals surface area contributed by atoms with E-state index in [-0.39, 0.29) is 27.7 Å². The van der Waals surface area contributed by atoms with E-state index in [0.717, 1.165) is 47.7 Å². The van der Waals surface area contributed by atoms with Gasteiger partial charge in [-0.2, -0.15) is 4.98 Å². The van der Waals surface area contributed by atoms with Gasteiger partial charge in [-0.25, -0.2) is 18.4 Å². The van der Waals surface area contributed by atoms with Crippen molar-refractivity contribution in [3.63, 3.8) is 0 Å². The highest BCUT2D eigenvalue weighted by atomic mass is 35.5. The largest absolute Gasteiger partial charge is 0.480 e. The Morgan fingerprint density at radius 2 is 1.82 bits per heavy atom. The predicted octanol–water partition coefficient (Wildman–Crippen LogP) is 4.98. The van der Waals surface area contributed by atoms with Gasteiger partial charge in [-0.15, -0.1) is 0 Å². The second kappa shape index (κ2) is 11.9. The molecule has 210 valence electrons. The molecule has 2 aromatic carbocycles. The number of hydrogen-bond acceptors (Lipinski definition) is 9. The van der Waals surface area contributed by atoms with Crippen molar-refractivity contribution < 1.29 is 17.9 Å². The van der Waals surface area contributed by atoms with Crippen molar-refractivity contribution in [3.05, 3.63) is 65.3 Å². The number of hydrogen-bond donors (Lipinski definition) is 3. The highest BCUT2D eigenvalue weighted by Crippen LogP contribution is 2.34. The van der Waals surface area contributed by atoms with Gasteiger partial charge in [0.2, 0.25) is 11.8 Å². The zero-order chi connectivity index (χ0) is 28.3. The van der Waals surface area contributed by atoms with Gasteiger partial charge in [-0.3, -0.25) is 4.72 Å². The SMILES string of the molecule is COCc1cc(-c2ccc(NS(=O)(=O)c3ccccc3Cl)nc2OC)cc2cnc(NC3CCC(N)CC3)nc12. The molecule has 2 heterocycles. The second-order valence-corrected chi connectivity index (χ2v) is 11.8. The number of nitrogens with two attached hydrogens (primary N) is 1. The van der Waals surface area contributed by atoms with Crippen molar-refractivity contribution in [1.82, 2.24) is 15.0 Å². The molecule has 0 amide bonds. The average molecular weight is 583 g/mol. The highest BCUT2D eigenvalue weighted by Gasteiger charge is 2.21. The summed E-state index contributed by atoms with van der Waals surface area (Å²) in [6.45, 7) is 0.338. The van der Waals surface area contributed by atoms with Crippen LogP contribution in [0.4, 0.5) is 11.8 Å². The molecule has 1 saturated carbocycles. The molecule has 10 nitrogen and oxygen atoms in total. The first-order valence-corrected chi connectivity index (χ1v) is 14.8. The summed E-state index contributed by atoms with van der Waals surface area (Å²) in [7, 11) is -0.841. The fourth-order valence-corrected chi connectivity index (χ4v) is 6.41. The first kappa shape index (κ1) is 28.0. The van der Waals surface area contributed by atoms with Gasteiger partial charge < -0.3 is 20.5 Å². The molecule has 0 atom stereocenters. The van der Waals surface area contributed by atoms with Gasteiger partial charge in [0.15, 0.2) is 0 Å². The Labute approximate surface area is 238 Å². The first-order valence-electron chi connectivity index (χ1n) is 12.9. The quantitative estimate of drug-likeness (QED) is 0.249. The molecular formula is C28H31ClN6O4S. The minimum absolute atomic E-state index is 0.0406. The Hall–Kier alpha value is -3.51. The molecule has 0 aliphatic heterocycles. The Morgan fingerprint density at radius 1 is 1.05 bits per heavy atom. The van der Waals surface area contributed by atoms with Crippen molar-refractivity contribution >= 4 is 44.3 Å². The van der Waals surface area contributed by atoms with Crippen molar-refractivity contribution in [3.8, 4) is 17.0 Å². The minimum Gasteiger partial charge on any atom is -0.480 e. The third kappa shape index (κ3) is 6.12. The van der Waals surface area contributed by atoms with E-state index in [1.807, 2.05) is 12.1 Å². The number of halogens is 1. The molecule has 0 saturated heterocycles. The van der Waals surface area contributed by atoms with Crippen LogP contribution in [0.25, 0.3) is 22.0 Å². The molecule has 0 spiro atoms. The number of rotatable bonds is 9. The van der Waals surface area contributed by atoms with Crippen molar-refractivity contribution in [1.29, 1.82) is 0 Å². The van der Waals surface area contributed by atoms with Crippen molar-refractivity contribution in [2.45, 2.75) is 49.3 Å². The number of nitrogens with one attached hydrogen (secondary N) is 2.